The number of aliphatic hydroxyl groups is 1. The molecule has 1 saturated heterocycles. The fraction of sp³-hybridized carbons (Fsp3) is 0.667. The molecular weight excluding hydrogens is 246 g/mol. The highest BCUT2D eigenvalue weighted by molar-refractivity contribution is 5.34. The van der Waals surface area contributed by atoms with Crippen molar-refractivity contribution in [3.05, 3.63) is 35.4 Å². The van der Waals surface area contributed by atoms with Gasteiger partial charge < -0.3 is 5.11 Å². The molecule has 2 fully saturated rings. The average molecular weight is 271 g/mol. The number of benzene rings is 1. The molecule has 0 amide bonds. The van der Waals surface area contributed by atoms with Crippen molar-refractivity contribution in [2.45, 2.75) is 63.1 Å². The first-order valence-electron chi connectivity index (χ1n) is 8.23. The lowest BCUT2D eigenvalue weighted by atomic mass is 9.66. The normalized spacial score (nSPS) is 40.6. The van der Waals surface area contributed by atoms with E-state index >= 15 is 0 Å². The minimum atomic E-state index is -0.489. The predicted octanol–water partition coefficient (Wildman–Crippen LogP) is 3.30. The molecule has 0 bridgehead atoms. The number of hydrogen-bond acceptors (Lipinski definition) is 2. The molecule has 0 aromatic heterocycles. The fourth-order valence-corrected chi connectivity index (χ4v) is 5.07. The highest BCUT2D eigenvalue weighted by atomic mass is 16.3. The van der Waals surface area contributed by atoms with Gasteiger partial charge >= 0.3 is 0 Å². The molecule has 0 radical (unpaired) electrons. The SMILES string of the molecule is CC1(O)CC2c3ccccc3CCN2C2CCCCC21. The van der Waals surface area contributed by atoms with Crippen LogP contribution in [0.25, 0.3) is 0 Å². The molecule has 3 aliphatic rings. The van der Waals surface area contributed by atoms with E-state index in [-0.39, 0.29) is 0 Å². The molecule has 1 saturated carbocycles. The van der Waals surface area contributed by atoms with Gasteiger partial charge in [0.2, 0.25) is 0 Å². The largest absolute Gasteiger partial charge is 0.390 e. The zero-order valence-corrected chi connectivity index (χ0v) is 12.4. The number of rotatable bonds is 0. The predicted molar refractivity (Wildman–Crippen MR) is 80.6 cm³/mol. The molecule has 2 heterocycles. The Morgan fingerprint density at radius 3 is 2.90 bits per heavy atom. The van der Waals surface area contributed by atoms with E-state index in [9.17, 15) is 5.11 Å². The van der Waals surface area contributed by atoms with Crippen LogP contribution >= 0.6 is 0 Å². The third kappa shape index (κ3) is 1.85. The van der Waals surface area contributed by atoms with E-state index in [1.165, 1.54) is 49.8 Å². The Hall–Kier alpha value is -0.860. The Morgan fingerprint density at radius 2 is 2.00 bits per heavy atom. The molecule has 0 spiro atoms. The van der Waals surface area contributed by atoms with Crippen LogP contribution < -0.4 is 0 Å². The van der Waals surface area contributed by atoms with Crippen LogP contribution in [0.3, 0.4) is 0 Å². The van der Waals surface area contributed by atoms with E-state index in [2.05, 4.69) is 36.1 Å². The van der Waals surface area contributed by atoms with Gasteiger partial charge in [0.1, 0.15) is 0 Å². The minimum absolute atomic E-state index is 0.439. The van der Waals surface area contributed by atoms with Crippen LogP contribution in [-0.2, 0) is 6.42 Å². The maximum atomic E-state index is 11.0. The van der Waals surface area contributed by atoms with Crippen molar-refractivity contribution in [3.8, 4) is 0 Å². The zero-order valence-electron chi connectivity index (χ0n) is 12.4. The van der Waals surface area contributed by atoms with Crippen LogP contribution in [0.5, 0.6) is 0 Å². The Labute approximate surface area is 121 Å². The molecule has 2 aliphatic heterocycles. The third-order valence-corrected chi connectivity index (χ3v) is 6.01. The standard InChI is InChI=1S/C18H25NO/c1-18(20)12-17-14-7-3-2-6-13(14)10-11-19(17)16-9-5-4-8-15(16)18/h2-3,6-7,15-17,20H,4-5,8-12H2,1H3. The lowest BCUT2D eigenvalue weighted by Gasteiger charge is -2.56. The topological polar surface area (TPSA) is 23.5 Å². The second kappa shape index (κ2) is 4.57. The van der Waals surface area contributed by atoms with Crippen LogP contribution in [0.2, 0.25) is 0 Å². The lowest BCUT2D eigenvalue weighted by molar-refractivity contribution is -0.130. The van der Waals surface area contributed by atoms with Gasteiger partial charge in [-0.25, -0.2) is 0 Å². The van der Waals surface area contributed by atoms with Gasteiger partial charge in [-0.3, -0.25) is 4.90 Å². The summed E-state index contributed by atoms with van der Waals surface area (Å²) in [6.07, 6.45) is 7.21. The molecular formula is C18H25NO. The first kappa shape index (κ1) is 12.8. The van der Waals surface area contributed by atoms with Crippen molar-refractivity contribution in [3.63, 3.8) is 0 Å². The van der Waals surface area contributed by atoms with E-state index in [1.54, 1.807) is 0 Å². The number of fused-ring (bicyclic) bond motifs is 5. The maximum absolute atomic E-state index is 11.0. The van der Waals surface area contributed by atoms with E-state index in [0.717, 1.165) is 6.42 Å². The van der Waals surface area contributed by atoms with Crippen molar-refractivity contribution >= 4 is 0 Å². The van der Waals surface area contributed by atoms with Crippen molar-refractivity contribution < 1.29 is 5.11 Å². The lowest BCUT2D eigenvalue weighted by Crippen LogP contribution is -2.60. The molecule has 1 N–H and O–H groups in total. The molecule has 20 heavy (non-hydrogen) atoms. The molecule has 108 valence electrons. The second-order valence-corrected chi connectivity index (χ2v) is 7.22. The van der Waals surface area contributed by atoms with Crippen LogP contribution in [0, 0.1) is 5.92 Å². The zero-order chi connectivity index (χ0) is 13.7. The number of nitrogens with zero attached hydrogens (tertiary/aromatic N) is 1. The molecule has 2 nitrogen and oxygen atoms in total. The van der Waals surface area contributed by atoms with E-state index in [1.807, 2.05) is 0 Å². The highest BCUT2D eigenvalue weighted by Gasteiger charge is 2.50. The molecule has 4 rings (SSSR count). The van der Waals surface area contributed by atoms with Gasteiger partial charge in [-0.2, -0.15) is 0 Å². The maximum Gasteiger partial charge on any atom is 0.0680 e. The fourth-order valence-electron chi connectivity index (χ4n) is 5.07. The average Bonchev–Trinajstić information content (AvgIpc) is 2.47. The van der Waals surface area contributed by atoms with E-state index in [0.29, 0.717) is 18.0 Å². The Bertz CT molecular complexity index is 510. The second-order valence-electron chi connectivity index (χ2n) is 7.22. The summed E-state index contributed by atoms with van der Waals surface area (Å²) in [5, 5.41) is 11.0. The monoisotopic (exact) mass is 271 g/mol. The summed E-state index contributed by atoms with van der Waals surface area (Å²) in [6.45, 7) is 3.27. The summed E-state index contributed by atoms with van der Waals surface area (Å²) in [7, 11) is 0. The van der Waals surface area contributed by atoms with E-state index < -0.39 is 5.60 Å². The summed E-state index contributed by atoms with van der Waals surface area (Å²) in [5.41, 5.74) is 2.48. The van der Waals surface area contributed by atoms with Gasteiger partial charge in [-0.1, -0.05) is 37.1 Å². The van der Waals surface area contributed by atoms with Crippen LogP contribution in [0.15, 0.2) is 24.3 Å². The summed E-state index contributed by atoms with van der Waals surface area (Å²) in [6, 6.07) is 9.91. The van der Waals surface area contributed by atoms with Gasteiger partial charge in [0.25, 0.3) is 0 Å². The van der Waals surface area contributed by atoms with Crippen molar-refractivity contribution in [2.75, 3.05) is 6.54 Å². The van der Waals surface area contributed by atoms with Crippen LogP contribution in [-0.4, -0.2) is 28.2 Å². The van der Waals surface area contributed by atoms with Gasteiger partial charge in [0.15, 0.2) is 0 Å². The Balaban J connectivity index is 1.74. The molecule has 1 aromatic rings. The number of hydrogen-bond donors (Lipinski definition) is 1. The first-order chi connectivity index (χ1) is 9.67. The van der Waals surface area contributed by atoms with Crippen molar-refractivity contribution in [1.29, 1.82) is 0 Å². The molecule has 4 unspecified atom stereocenters. The molecule has 4 atom stereocenters. The van der Waals surface area contributed by atoms with E-state index in [4.69, 9.17) is 0 Å². The van der Waals surface area contributed by atoms with Crippen LogP contribution in [0.1, 0.15) is 56.2 Å². The Kier molecular flexibility index (Phi) is 2.94. The van der Waals surface area contributed by atoms with Crippen LogP contribution in [0.4, 0.5) is 0 Å². The highest BCUT2D eigenvalue weighted by Crippen LogP contribution is 2.50. The van der Waals surface area contributed by atoms with Crippen molar-refractivity contribution in [2.24, 2.45) is 5.92 Å². The Morgan fingerprint density at radius 1 is 1.20 bits per heavy atom. The summed E-state index contributed by atoms with van der Waals surface area (Å²) < 4.78 is 0. The third-order valence-electron chi connectivity index (χ3n) is 6.01. The summed E-state index contributed by atoms with van der Waals surface area (Å²) in [4.78, 5) is 2.73. The number of piperidine rings is 1. The smallest absolute Gasteiger partial charge is 0.0680 e. The van der Waals surface area contributed by atoms with Gasteiger partial charge in [-0.05, 0) is 43.7 Å². The quantitative estimate of drug-likeness (QED) is 0.782. The van der Waals surface area contributed by atoms with Gasteiger partial charge in [0, 0.05) is 24.5 Å². The molecule has 1 aromatic carbocycles. The van der Waals surface area contributed by atoms with Gasteiger partial charge in [-0.15, -0.1) is 0 Å². The molecule has 2 heteroatoms. The summed E-state index contributed by atoms with van der Waals surface area (Å²) in [5.74, 6) is 0.484. The van der Waals surface area contributed by atoms with Gasteiger partial charge in [0.05, 0.1) is 5.60 Å². The minimum Gasteiger partial charge on any atom is -0.390 e. The van der Waals surface area contributed by atoms with Crippen molar-refractivity contribution in [1.82, 2.24) is 4.90 Å². The first-order valence-corrected chi connectivity index (χ1v) is 8.23. The molecule has 1 aliphatic carbocycles. The summed E-state index contributed by atoms with van der Waals surface area (Å²) >= 11 is 0.